The van der Waals surface area contributed by atoms with Crippen molar-refractivity contribution in [1.29, 1.82) is 0 Å². The normalized spacial score (nSPS) is 10.3. The zero-order valence-electron chi connectivity index (χ0n) is 16.0. The van der Waals surface area contributed by atoms with Crippen molar-refractivity contribution in [2.75, 3.05) is 5.32 Å². The summed E-state index contributed by atoms with van der Waals surface area (Å²) in [5.41, 5.74) is 5.30. The van der Waals surface area contributed by atoms with Crippen molar-refractivity contribution in [1.82, 2.24) is 0 Å². The fraction of sp³-hybridized carbons (Fsp3) is 0.167. The number of rotatable bonds is 6. The van der Waals surface area contributed by atoms with Crippen molar-refractivity contribution >= 4 is 47.1 Å². The molecule has 0 aliphatic heterocycles. The molecule has 0 atom stereocenters. The molecule has 0 fully saturated rings. The fourth-order valence-corrected chi connectivity index (χ4v) is 3.12. The van der Waals surface area contributed by atoms with Gasteiger partial charge in [0.2, 0.25) is 5.91 Å². The molecule has 29 heavy (non-hydrogen) atoms. The van der Waals surface area contributed by atoms with Gasteiger partial charge in [-0.15, -0.1) is 0 Å². The van der Waals surface area contributed by atoms with E-state index in [1.54, 1.807) is 12.1 Å². The maximum atomic E-state index is 12.7. The van der Waals surface area contributed by atoms with Gasteiger partial charge in [0.05, 0.1) is 5.56 Å². The fourth-order valence-electron chi connectivity index (χ4n) is 3.12. The number of amides is 1. The standard InChI is InChI=1S/C24H23NO3.Na.H/c1-16-3-7-18(8-4-16)22(19-9-5-17(2)6-10-19)15-23(26)25-21-13-11-20(12-14-21)24(27)28;;/h3-14,22H,15H2,1-2H3,(H,25,26)(H,27,28);;. The summed E-state index contributed by atoms with van der Waals surface area (Å²) in [5.74, 6) is -1.16. The van der Waals surface area contributed by atoms with E-state index in [0.717, 1.165) is 11.1 Å². The molecule has 0 spiro atoms. The van der Waals surface area contributed by atoms with E-state index in [9.17, 15) is 9.59 Å². The van der Waals surface area contributed by atoms with E-state index in [0.29, 0.717) is 12.1 Å². The predicted molar refractivity (Wildman–Crippen MR) is 118 cm³/mol. The number of carbonyl (C=O) groups excluding carboxylic acids is 1. The molecule has 4 nitrogen and oxygen atoms in total. The van der Waals surface area contributed by atoms with Gasteiger partial charge >= 0.3 is 35.5 Å². The van der Waals surface area contributed by atoms with Gasteiger partial charge < -0.3 is 10.4 Å². The molecule has 3 rings (SSSR count). The number of carboxylic acids is 1. The average molecular weight is 397 g/mol. The summed E-state index contributed by atoms with van der Waals surface area (Å²) < 4.78 is 0. The first-order chi connectivity index (χ1) is 13.4. The molecule has 0 aliphatic rings. The molecule has 0 bridgehead atoms. The number of carbonyl (C=O) groups is 2. The zero-order valence-corrected chi connectivity index (χ0v) is 16.0. The van der Waals surface area contributed by atoms with Crippen molar-refractivity contribution in [3.63, 3.8) is 0 Å². The Morgan fingerprint density at radius 2 is 1.24 bits per heavy atom. The molecule has 0 unspecified atom stereocenters. The van der Waals surface area contributed by atoms with Crippen LogP contribution in [0.3, 0.4) is 0 Å². The number of anilines is 1. The van der Waals surface area contributed by atoms with Gasteiger partial charge in [0.15, 0.2) is 0 Å². The number of hydrogen-bond donors (Lipinski definition) is 2. The van der Waals surface area contributed by atoms with Crippen LogP contribution in [0.25, 0.3) is 0 Å². The van der Waals surface area contributed by atoms with E-state index in [1.807, 2.05) is 13.8 Å². The van der Waals surface area contributed by atoms with Crippen LogP contribution in [0.5, 0.6) is 0 Å². The van der Waals surface area contributed by atoms with Crippen LogP contribution in [-0.4, -0.2) is 46.5 Å². The van der Waals surface area contributed by atoms with Gasteiger partial charge in [0, 0.05) is 18.0 Å². The van der Waals surface area contributed by atoms with Crippen molar-refractivity contribution in [2.45, 2.75) is 26.2 Å². The van der Waals surface area contributed by atoms with E-state index in [-0.39, 0.29) is 46.9 Å². The Kier molecular flexibility index (Phi) is 8.21. The minimum absolute atomic E-state index is 0. The molecule has 144 valence electrons. The molecule has 3 aromatic carbocycles. The van der Waals surface area contributed by atoms with Gasteiger partial charge in [0.25, 0.3) is 0 Å². The molecule has 0 saturated carbocycles. The maximum absolute atomic E-state index is 12.7. The number of aryl methyl sites for hydroxylation is 2. The van der Waals surface area contributed by atoms with E-state index >= 15 is 0 Å². The van der Waals surface area contributed by atoms with Crippen molar-refractivity contribution in [3.05, 3.63) is 101 Å². The Morgan fingerprint density at radius 3 is 1.66 bits per heavy atom. The first-order valence-corrected chi connectivity index (χ1v) is 9.19. The van der Waals surface area contributed by atoms with Gasteiger partial charge in [-0.05, 0) is 49.2 Å². The molecule has 3 aromatic rings. The average Bonchev–Trinajstić information content (AvgIpc) is 2.68. The quantitative estimate of drug-likeness (QED) is 0.601. The summed E-state index contributed by atoms with van der Waals surface area (Å²) in [6.45, 7) is 4.08. The number of hydrogen-bond acceptors (Lipinski definition) is 2. The topological polar surface area (TPSA) is 66.4 Å². The summed E-state index contributed by atoms with van der Waals surface area (Å²) in [6, 6.07) is 22.6. The molecule has 0 aromatic heterocycles. The van der Waals surface area contributed by atoms with Gasteiger partial charge in [-0.25, -0.2) is 4.79 Å². The van der Waals surface area contributed by atoms with E-state index in [4.69, 9.17) is 5.11 Å². The van der Waals surface area contributed by atoms with Crippen LogP contribution in [0.1, 0.15) is 45.0 Å². The minimum atomic E-state index is -0.989. The van der Waals surface area contributed by atoms with Gasteiger partial charge in [-0.2, -0.15) is 0 Å². The molecule has 1 amide bonds. The van der Waals surface area contributed by atoms with Crippen LogP contribution in [0.15, 0.2) is 72.8 Å². The van der Waals surface area contributed by atoms with Crippen LogP contribution < -0.4 is 5.32 Å². The first kappa shape index (κ1) is 22.9. The Labute approximate surface area is 193 Å². The molecule has 5 heteroatoms. The van der Waals surface area contributed by atoms with E-state index in [2.05, 4.69) is 53.8 Å². The summed E-state index contributed by atoms with van der Waals surface area (Å²) in [6.07, 6.45) is 0.298. The number of carboxylic acid groups (broad SMARTS) is 1. The van der Waals surface area contributed by atoms with Crippen molar-refractivity contribution in [3.8, 4) is 0 Å². The molecule has 2 N–H and O–H groups in total. The van der Waals surface area contributed by atoms with Crippen molar-refractivity contribution in [2.24, 2.45) is 0 Å². The molecular weight excluding hydrogens is 373 g/mol. The third kappa shape index (κ3) is 6.29. The van der Waals surface area contributed by atoms with Crippen LogP contribution >= 0.6 is 0 Å². The second-order valence-corrected chi connectivity index (χ2v) is 7.01. The summed E-state index contributed by atoms with van der Waals surface area (Å²) in [4.78, 5) is 23.6. The number of aromatic carboxylic acids is 1. The Balaban J connectivity index is 0.00000300. The SMILES string of the molecule is Cc1ccc(C(CC(=O)Nc2ccc(C(=O)O)cc2)c2ccc(C)cc2)cc1.[NaH]. The molecular formula is C24H24NNaO3. The Bertz CT molecular complexity index is 919. The summed E-state index contributed by atoms with van der Waals surface area (Å²) >= 11 is 0. The first-order valence-electron chi connectivity index (χ1n) is 9.19. The van der Waals surface area contributed by atoms with Gasteiger partial charge in [0.1, 0.15) is 0 Å². The molecule has 0 saturated heterocycles. The van der Waals surface area contributed by atoms with Gasteiger partial charge in [-0.1, -0.05) is 59.7 Å². The Morgan fingerprint density at radius 1 is 0.793 bits per heavy atom. The number of nitrogens with one attached hydrogen (secondary N) is 1. The predicted octanol–water partition coefficient (Wildman–Crippen LogP) is 4.51. The van der Waals surface area contributed by atoms with Crippen LogP contribution in [0, 0.1) is 13.8 Å². The van der Waals surface area contributed by atoms with Crippen LogP contribution in [0.4, 0.5) is 5.69 Å². The second-order valence-electron chi connectivity index (χ2n) is 7.01. The molecule has 0 radical (unpaired) electrons. The van der Waals surface area contributed by atoms with E-state index < -0.39 is 5.97 Å². The van der Waals surface area contributed by atoms with Crippen molar-refractivity contribution < 1.29 is 14.7 Å². The second kappa shape index (κ2) is 10.4. The molecule has 0 aliphatic carbocycles. The summed E-state index contributed by atoms with van der Waals surface area (Å²) in [7, 11) is 0. The zero-order chi connectivity index (χ0) is 20.1. The Hall–Kier alpha value is -2.40. The summed E-state index contributed by atoms with van der Waals surface area (Å²) in [5, 5.41) is 11.8. The monoisotopic (exact) mass is 397 g/mol. The van der Waals surface area contributed by atoms with Crippen LogP contribution in [-0.2, 0) is 4.79 Å². The third-order valence-electron chi connectivity index (χ3n) is 4.76. The van der Waals surface area contributed by atoms with Gasteiger partial charge in [-0.3, -0.25) is 4.79 Å². The van der Waals surface area contributed by atoms with E-state index in [1.165, 1.54) is 23.3 Å². The van der Waals surface area contributed by atoms with Crippen LogP contribution in [0.2, 0.25) is 0 Å². The number of benzene rings is 3. The molecule has 0 heterocycles. The third-order valence-corrected chi connectivity index (χ3v) is 4.76.